The first-order valence-corrected chi connectivity index (χ1v) is 8.22. The lowest BCUT2D eigenvalue weighted by Gasteiger charge is -2.25. The van der Waals surface area contributed by atoms with Crippen LogP contribution in [0.1, 0.15) is 57.1 Å². The molecule has 0 heterocycles. The zero-order chi connectivity index (χ0) is 14.4. The fraction of sp³-hybridized carbons (Fsp3) is 0.647. The van der Waals surface area contributed by atoms with E-state index in [0.29, 0.717) is 17.6 Å². The highest BCUT2D eigenvalue weighted by Gasteiger charge is 2.20. The van der Waals surface area contributed by atoms with E-state index < -0.39 is 6.10 Å². The topological polar surface area (TPSA) is 32.3 Å². The normalized spacial score (nSPS) is 20.4. The number of rotatable bonds is 5. The van der Waals surface area contributed by atoms with Gasteiger partial charge in [-0.3, -0.25) is 0 Å². The van der Waals surface area contributed by atoms with E-state index in [-0.39, 0.29) is 0 Å². The van der Waals surface area contributed by atoms with Crippen LogP contribution in [0, 0.1) is 5.92 Å². The van der Waals surface area contributed by atoms with Crippen molar-refractivity contribution in [1.82, 2.24) is 5.32 Å². The van der Waals surface area contributed by atoms with E-state index in [1.165, 1.54) is 38.5 Å². The van der Waals surface area contributed by atoms with Gasteiger partial charge >= 0.3 is 0 Å². The molecule has 1 aliphatic carbocycles. The third kappa shape index (κ3) is 4.47. The van der Waals surface area contributed by atoms with Gasteiger partial charge < -0.3 is 10.4 Å². The summed E-state index contributed by atoms with van der Waals surface area (Å²) in [6, 6.07) is 7.99. The molecule has 2 rings (SSSR count). The summed E-state index contributed by atoms with van der Waals surface area (Å²) in [6.07, 6.45) is 7.56. The molecule has 3 heteroatoms. The SMILES string of the molecule is C[C@@H](NCC(O)c1ccccc1Cl)C1CCCCCC1. The van der Waals surface area contributed by atoms with Gasteiger partial charge in [0, 0.05) is 23.2 Å². The van der Waals surface area contributed by atoms with Crippen LogP contribution in [-0.4, -0.2) is 17.7 Å². The molecule has 0 radical (unpaired) electrons. The molecule has 1 unspecified atom stereocenters. The Hall–Kier alpha value is -0.570. The van der Waals surface area contributed by atoms with Crippen molar-refractivity contribution in [2.75, 3.05) is 6.54 Å². The Kier molecular flexibility index (Phi) is 6.34. The summed E-state index contributed by atoms with van der Waals surface area (Å²) >= 11 is 6.12. The molecular weight excluding hydrogens is 270 g/mol. The molecule has 20 heavy (non-hydrogen) atoms. The lowest BCUT2D eigenvalue weighted by atomic mass is 9.93. The smallest absolute Gasteiger partial charge is 0.0928 e. The van der Waals surface area contributed by atoms with Crippen LogP contribution in [0.3, 0.4) is 0 Å². The van der Waals surface area contributed by atoms with Crippen LogP contribution in [0.2, 0.25) is 5.02 Å². The zero-order valence-corrected chi connectivity index (χ0v) is 13.1. The maximum absolute atomic E-state index is 10.3. The van der Waals surface area contributed by atoms with E-state index in [0.717, 1.165) is 11.5 Å². The minimum absolute atomic E-state index is 0.463. The van der Waals surface area contributed by atoms with Crippen LogP contribution in [0.15, 0.2) is 24.3 Å². The molecule has 0 aromatic heterocycles. The van der Waals surface area contributed by atoms with Crippen molar-refractivity contribution in [3.8, 4) is 0 Å². The Balaban J connectivity index is 1.83. The van der Waals surface area contributed by atoms with Crippen molar-refractivity contribution in [2.45, 2.75) is 57.6 Å². The number of hydrogen-bond donors (Lipinski definition) is 2. The zero-order valence-electron chi connectivity index (χ0n) is 12.3. The summed E-state index contributed by atoms with van der Waals surface area (Å²) in [7, 11) is 0. The number of halogens is 1. The van der Waals surface area contributed by atoms with Gasteiger partial charge in [0.25, 0.3) is 0 Å². The van der Waals surface area contributed by atoms with Crippen LogP contribution < -0.4 is 5.32 Å². The highest BCUT2D eigenvalue weighted by molar-refractivity contribution is 6.31. The van der Waals surface area contributed by atoms with Gasteiger partial charge in [-0.05, 0) is 31.7 Å². The van der Waals surface area contributed by atoms with E-state index in [9.17, 15) is 5.11 Å². The summed E-state index contributed by atoms with van der Waals surface area (Å²) < 4.78 is 0. The predicted octanol–water partition coefficient (Wildman–Crippen LogP) is 4.32. The first-order chi connectivity index (χ1) is 9.68. The van der Waals surface area contributed by atoms with Crippen LogP contribution in [0.25, 0.3) is 0 Å². The summed E-state index contributed by atoms with van der Waals surface area (Å²) in [5.41, 5.74) is 0.815. The number of nitrogens with one attached hydrogen (secondary N) is 1. The van der Waals surface area contributed by atoms with Crippen LogP contribution in [0.5, 0.6) is 0 Å². The second-order valence-corrected chi connectivity index (χ2v) is 6.39. The minimum atomic E-state index is -0.531. The van der Waals surface area contributed by atoms with Crippen molar-refractivity contribution in [2.24, 2.45) is 5.92 Å². The predicted molar refractivity (Wildman–Crippen MR) is 85.1 cm³/mol. The molecule has 1 fully saturated rings. The molecule has 2 nitrogen and oxygen atoms in total. The van der Waals surface area contributed by atoms with Crippen LogP contribution in [-0.2, 0) is 0 Å². The van der Waals surface area contributed by atoms with Crippen molar-refractivity contribution in [3.05, 3.63) is 34.9 Å². The monoisotopic (exact) mass is 295 g/mol. The Morgan fingerprint density at radius 3 is 2.50 bits per heavy atom. The lowest BCUT2D eigenvalue weighted by molar-refractivity contribution is 0.164. The third-order valence-corrected chi connectivity index (χ3v) is 4.85. The third-order valence-electron chi connectivity index (χ3n) is 4.50. The summed E-state index contributed by atoms with van der Waals surface area (Å²) in [4.78, 5) is 0. The van der Waals surface area contributed by atoms with E-state index in [1.807, 2.05) is 24.3 Å². The van der Waals surface area contributed by atoms with Crippen LogP contribution >= 0.6 is 11.6 Å². The number of aliphatic hydroxyl groups excluding tert-OH is 1. The molecule has 0 saturated heterocycles. The van der Waals surface area contributed by atoms with E-state index in [4.69, 9.17) is 11.6 Å². The fourth-order valence-corrected chi connectivity index (χ4v) is 3.39. The van der Waals surface area contributed by atoms with Gasteiger partial charge in [-0.2, -0.15) is 0 Å². The highest BCUT2D eigenvalue weighted by atomic mass is 35.5. The summed E-state index contributed by atoms with van der Waals surface area (Å²) in [6.45, 7) is 2.82. The van der Waals surface area contributed by atoms with Gasteiger partial charge in [0.1, 0.15) is 0 Å². The van der Waals surface area contributed by atoms with Gasteiger partial charge in [-0.15, -0.1) is 0 Å². The minimum Gasteiger partial charge on any atom is -0.387 e. The largest absolute Gasteiger partial charge is 0.387 e. The quantitative estimate of drug-likeness (QED) is 0.793. The van der Waals surface area contributed by atoms with Gasteiger partial charge in [0.05, 0.1) is 6.10 Å². The maximum atomic E-state index is 10.3. The Bertz CT molecular complexity index is 402. The lowest BCUT2D eigenvalue weighted by Crippen LogP contribution is -2.36. The molecule has 0 bridgehead atoms. The highest BCUT2D eigenvalue weighted by Crippen LogP contribution is 2.26. The molecule has 1 aromatic carbocycles. The standard InChI is InChI=1S/C17H26ClNO/c1-13(14-8-4-2-3-5-9-14)19-12-17(20)15-10-6-7-11-16(15)18/h6-7,10-11,13-14,17,19-20H,2-5,8-9,12H2,1H3/t13-,17?/m1/s1. The first-order valence-electron chi connectivity index (χ1n) is 7.84. The second-order valence-electron chi connectivity index (χ2n) is 5.99. The second kappa shape index (κ2) is 8.02. The van der Waals surface area contributed by atoms with Crippen molar-refractivity contribution >= 4 is 11.6 Å². The van der Waals surface area contributed by atoms with E-state index in [2.05, 4.69) is 12.2 Å². The number of hydrogen-bond acceptors (Lipinski definition) is 2. The van der Waals surface area contributed by atoms with Gasteiger partial charge in [0.2, 0.25) is 0 Å². The summed E-state index contributed by atoms with van der Waals surface area (Å²) in [5, 5.41) is 14.4. The average Bonchev–Trinajstić information content (AvgIpc) is 2.74. The first kappa shape index (κ1) is 15.8. The molecule has 2 N–H and O–H groups in total. The molecule has 112 valence electrons. The van der Waals surface area contributed by atoms with Crippen molar-refractivity contribution in [1.29, 1.82) is 0 Å². The number of benzene rings is 1. The molecule has 1 aromatic rings. The molecule has 0 aliphatic heterocycles. The molecule has 1 saturated carbocycles. The van der Waals surface area contributed by atoms with Gasteiger partial charge in [-0.1, -0.05) is 55.5 Å². The Labute approximate surface area is 127 Å². The van der Waals surface area contributed by atoms with Crippen LogP contribution in [0.4, 0.5) is 0 Å². The van der Waals surface area contributed by atoms with E-state index in [1.54, 1.807) is 0 Å². The summed E-state index contributed by atoms with van der Waals surface area (Å²) in [5.74, 6) is 0.746. The molecule has 0 amide bonds. The molecule has 1 aliphatic rings. The van der Waals surface area contributed by atoms with E-state index >= 15 is 0 Å². The maximum Gasteiger partial charge on any atom is 0.0928 e. The van der Waals surface area contributed by atoms with Gasteiger partial charge in [-0.25, -0.2) is 0 Å². The van der Waals surface area contributed by atoms with Gasteiger partial charge in [0.15, 0.2) is 0 Å². The average molecular weight is 296 g/mol. The molecular formula is C17H26ClNO. The number of aliphatic hydroxyl groups is 1. The molecule has 0 spiro atoms. The van der Waals surface area contributed by atoms with Crippen molar-refractivity contribution in [3.63, 3.8) is 0 Å². The molecule has 2 atom stereocenters. The Morgan fingerprint density at radius 1 is 1.20 bits per heavy atom. The van der Waals surface area contributed by atoms with Crippen molar-refractivity contribution < 1.29 is 5.11 Å². The fourth-order valence-electron chi connectivity index (χ4n) is 3.13. The Morgan fingerprint density at radius 2 is 1.85 bits per heavy atom.